The molecule has 0 rings (SSSR count). The molecule has 0 saturated heterocycles. The molecular formula is C22H41IN4O7. The minimum atomic E-state index is -0.737. The topological polar surface area (TPSA) is 144 Å². The Kier molecular flexibility index (Phi) is 18.9. The lowest BCUT2D eigenvalue weighted by Crippen LogP contribution is -2.55. The summed E-state index contributed by atoms with van der Waals surface area (Å²) < 4.78 is 16.6. The first-order valence-corrected chi connectivity index (χ1v) is 13.1. The maximum atomic E-state index is 12.5. The zero-order chi connectivity index (χ0) is 25.9. The number of carbonyl (C=O) groups excluding carboxylic acids is 4. The summed E-state index contributed by atoms with van der Waals surface area (Å²) in [6.07, 6.45) is 0. The zero-order valence-corrected chi connectivity index (χ0v) is 23.1. The van der Waals surface area contributed by atoms with E-state index in [-0.39, 0.29) is 29.6 Å². The zero-order valence-electron chi connectivity index (χ0n) is 20.9. The summed E-state index contributed by atoms with van der Waals surface area (Å²) in [5.74, 6) is -1.32. The molecule has 0 spiro atoms. The Balaban J connectivity index is 3.93. The fourth-order valence-corrected chi connectivity index (χ4v) is 2.74. The predicted octanol–water partition coefficient (Wildman–Crippen LogP) is 0.00510. The van der Waals surface area contributed by atoms with Crippen LogP contribution in [0.5, 0.6) is 0 Å². The molecule has 0 aliphatic heterocycles. The van der Waals surface area contributed by atoms with E-state index in [0.29, 0.717) is 57.2 Å². The average Bonchev–Trinajstić information content (AvgIpc) is 2.79. The van der Waals surface area contributed by atoms with Crippen LogP contribution in [0.2, 0.25) is 0 Å². The molecule has 0 saturated carbocycles. The quantitative estimate of drug-likeness (QED) is 0.0929. The third kappa shape index (κ3) is 16.2. The molecule has 0 aromatic rings. The highest BCUT2D eigenvalue weighted by atomic mass is 127. The van der Waals surface area contributed by atoms with Crippen molar-refractivity contribution in [2.24, 2.45) is 11.8 Å². The SMILES string of the molecule is CC(C)C(=O)N[C@H](C)C(=O)N[C@@H](C(=O)NCCOCCOCCOCCNC(=O)CI)C(C)C. The van der Waals surface area contributed by atoms with Gasteiger partial charge in [-0.3, -0.25) is 19.2 Å². The summed E-state index contributed by atoms with van der Waals surface area (Å²) >= 11 is 2.00. The van der Waals surface area contributed by atoms with Crippen molar-refractivity contribution in [1.82, 2.24) is 21.3 Å². The molecule has 0 unspecified atom stereocenters. The molecule has 0 radical (unpaired) electrons. The number of nitrogens with one attached hydrogen (secondary N) is 4. The van der Waals surface area contributed by atoms with E-state index in [1.165, 1.54) is 0 Å². The van der Waals surface area contributed by atoms with E-state index in [9.17, 15) is 19.2 Å². The summed E-state index contributed by atoms with van der Waals surface area (Å²) in [7, 11) is 0. The van der Waals surface area contributed by atoms with Crippen LogP contribution in [0.25, 0.3) is 0 Å². The van der Waals surface area contributed by atoms with E-state index in [1.54, 1.807) is 20.8 Å². The largest absolute Gasteiger partial charge is 0.377 e. The fraction of sp³-hybridized carbons (Fsp3) is 0.818. The van der Waals surface area contributed by atoms with Crippen molar-refractivity contribution in [3.05, 3.63) is 0 Å². The monoisotopic (exact) mass is 600 g/mol. The van der Waals surface area contributed by atoms with E-state index in [4.69, 9.17) is 14.2 Å². The van der Waals surface area contributed by atoms with Gasteiger partial charge in [0.25, 0.3) is 0 Å². The Morgan fingerprint density at radius 2 is 1.18 bits per heavy atom. The van der Waals surface area contributed by atoms with Crippen LogP contribution in [0, 0.1) is 11.8 Å². The number of hydrogen-bond acceptors (Lipinski definition) is 7. The number of ether oxygens (including phenoxy) is 3. The second kappa shape index (κ2) is 19.8. The predicted molar refractivity (Wildman–Crippen MR) is 137 cm³/mol. The Hall–Kier alpha value is -1.51. The Bertz CT molecular complexity index is 620. The molecule has 0 heterocycles. The normalized spacial score (nSPS) is 12.8. The van der Waals surface area contributed by atoms with Crippen LogP contribution in [0.1, 0.15) is 34.6 Å². The summed E-state index contributed by atoms with van der Waals surface area (Å²) in [6.45, 7) is 11.9. The van der Waals surface area contributed by atoms with Crippen LogP contribution >= 0.6 is 22.6 Å². The van der Waals surface area contributed by atoms with Crippen LogP contribution in [0.4, 0.5) is 0 Å². The van der Waals surface area contributed by atoms with Gasteiger partial charge in [-0.2, -0.15) is 0 Å². The molecular weight excluding hydrogens is 559 g/mol. The van der Waals surface area contributed by atoms with Gasteiger partial charge in [0, 0.05) is 19.0 Å². The van der Waals surface area contributed by atoms with Gasteiger partial charge in [-0.15, -0.1) is 0 Å². The van der Waals surface area contributed by atoms with Gasteiger partial charge < -0.3 is 35.5 Å². The molecule has 0 aliphatic rings. The van der Waals surface area contributed by atoms with Gasteiger partial charge in [-0.1, -0.05) is 50.3 Å². The number of halogens is 1. The number of alkyl halides is 1. The van der Waals surface area contributed by atoms with Gasteiger partial charge in [-0.25, -0.2) is 0 Å². The number of amides is 4. The molecule has 4 amide bonds. The standard InChI is InChI=1S/C22H41IN4O7/c1-15(2)19(27-21(30)17(5)26-20(29)16(3)4)22(31)25-7-9-33-11-13-34-12-10-32-8-6-24-18(28)14-23/h15-17,19H,6-14H2,1-5H3,(H,24,28)(H,25,31)(H,26,29)(H,27,30)/t17-,19-/m1/s1. The lowest BCUT2D eigenvalue weighted by atomic mass is 10.0. The Labute approximate surface area is 216 Å². The van der Waals surface area contributed by atoms with Crippen molar-refractivity contribution in [1.29, 1.82) is 0 Å². The van der Waals surface area contributed by atoms with Crippen LogP contribution in [0.15, 0.2) is 0 Å². The highest BCUT2D eigenvalue weighted by Gasteiger charge is 2.26. The summed E-state index contributed by atoms with van der Waals surface area (Å²) in [5.41, 5.74) is 0. The van der Waals surface area contributed by atoms with Crippen molar-refractivity contribution in [3.8, 4) is 0 Å². The smallest absolute Gasteiger partial charge is 0.242 e. The lowest BCUT2D eigenvalue weighted by molar-refractivity contribution is -0.133. The number of rotatable bonds is 19. The highest BCUT2D eigenvalue weighted by molar-refractivity contribution is 14.1. The van der Waals surface area contributed by atoms with Gasteiger partial charge in [0.15, 0.2) is 0 Å². The molecule has 11 nitrogen and oxygen atoms in total. The molecule has 2 atom stereocenters. The number of hydrogen-bond donors (Lipinski definition) is 4. The van der Waals surface area contributed by atoms with Crippen molar-refractivity contribution >= 4 is 46.2 Å². The third-order valence-corrected chi connectivity index (χ3v) is 5.20. The molecule has 12 heteroatoms. The first-order valence-electron chi connectivity index (χ1n) is 11.5. The maximum absolute atomic E-state index is 12.5. The van der Waals surface area contributed by atoms with E-state index >= 15 is 0 Å². The van der Waals surface area contributed by atoms with Crippen molar-refractivity contribution < 1.29 is 33.4 Å². The summed E-state index contributed by atoms with van der Waals surface area (Å²) in [5, 5.41) is 10.8. The molecule has 0 bridgehead atoms. The minimum Gasteiger partial charge on any atom is -0.377 e. The molecule has 0 aromatic carbocycles. The van der Waals surface area contributed by atoms with Crippen LogP contribution in [-0.4, -0.2) is 92.9 Å². The Morgan fingerprint density at radius 3 is 1.65 bits per heavy atom. The maximum Gasteiger partial charge on any atom is 0.242 e. The first-order chi connectivity index (χ1) is 16.1. The third-order valence-electron chi connectivity index (χ3n) is 4.50. The van der Waals surface area contributed by atoms with Gasteiger partial charge in [0.1, 0.15) is 12.1 Å². The van der Waals surface area contributed by atoms with Gasteiger partial charge >= 0.3 is 0 Å². The van der Waals surface area contributed by atoms with Gasteiger partial charge in [-0.05, 0) is 12.8 Å². The van der Waals surface area contributed by atoms with E-state index < -0.39 is 18.0 Å². The first kappa shape index (κ1) is 32.5. The lowest BCUT2D eigenvalue weighted by Gasteiger charge is -2.24. The number of carbonyl (C=O) groups is 4. The molecule has 0 aliphatic carbocycles. The minimum absolute atomic E-state index is 0.0139. The molecule has 34 heavy (non-hydrogen) atoms. The van der Waals surface area contributed by atoms with E-state index in [0.717, 1.165) is 0 Å². The summed E-state index contributed by atoms with van der Waals surface area (Å²) in [4.78, 5) is 47.7. The van der Waals surface area contributed by atoms with Crippen molar-refractivity contribution in [2.75, 3.05) is 57.2 Å². The van der Waals surface area contributed by atoms with Crippen molar-refractivity contribution in [3.63, 3.8) is 0 Å². The molecule has 198 valence electrons. The molecule has 0 fully saturated rings. The summed E-state index contributed by atoms with van der Waals surface area (Å²) in [6, 6.07) is -1.46. The highest BCUT2D eigenvalue weighted by Crippen LogP contribution is 2.03. The van der Waals surface area contributed by atoms with Crippen LogP contribution in [-0.2, 0) is 33.4 Å². The van der Waals surface area contributed by atoms with Crippen molar-refractivity contribution in [2.45, 2.75) is 46.7 Å². The molecule has 0 aromatic heterocycles. The van der Waals surface area contributed by atoms with Gasteiger partial charge in [0.05, 0.1) is 44.1 Å². The van der Waals surface area contributed by atoms with E-state index in [1.807, 2.05) is 36.4 Å². The average molecular weight is 600 g/mol. The fourth-order valence-electron chi connectivity index (χ4n) is 2.47. The second-order valence-electron chi connectivity index (χ2n) is 8.23. The Morgan fingerprint density at radius 1 is 0.676 bits per heavy atom. The van der Waals surface area contributed by atoms with Gasteiger partial charge in [0.2, 0.25) is 23.6 Å². The van der Waals surface area contributed by atoms with Crippen LogP contribution < -0.4 is 21.3 Å². The molecule has 4 N–H and O–H groups in total. The second-order valence-corrected chi connectivity index (χ2v) is 8.99. The van der Waals surface area contributed by atoms with E-state index in [2.05, 4.69) is 21.3 Å². The van der Waals surface area contributed by atoms with Crippen LogP contribution in [0.3, 0.4) is 0 Å².